The first-order valence-electron chi connectivity index (χ1n) is 8.05. The maximum Gasteiger partial charge on any atom is 0.275 e. The van der Waals surface area contributed by atoms with E-state index >= 15 is 0 Å². The molecule has 124 valence electrons. The summed E-state index contributed by atoms with van der Waals surface area (Å²) in [5, 5.41) is 16.7. The van der Waals surface area contributed by atoms with Crippen molar-refractivity contribution in [1.82, 2.24) is 20.1 Å². The molecule has 2 rings (SSSR count). The Hall–Kier alpha value is -2.21. The monoisotopic (exact) mass is 316 g/mol. The highest BCUT2D eigenvalue weighted by atomic mass is 16.3. The van der Waals surface area contributed by atoms with Gasteiger partial charge in [-0.15, -0.1) is 0 Å². The molecule has 0 fully saturated rings. The van der Waals surface area contributed by atoms with E-state index in [9.17, 15) is 9.90 Å². The summed E-state index contributed by atoms with van der Waals surface area (Å²) in [6.07, 6.45) is 4.21. The molecule has 0 aliphatic rings. The van der Waals surface area contributed by atoms with Gasteiger partial charge in [-0.25, -0.2) is 0 Å². The van der Waals surface area contributed by atoms with Crippen LogP contribution >= 0.6 is 0 Å². The Kier molecular flexibility index (Phi) is 6.29. The molecule has 0 aromatic carbocycles. The summed E-state index contributed by atoms with van der Waals surface area (Å²) in [4.78, 5) is 18.8. The van der Waals surface area contributed by atoms with Crippen LogP contribution in [0.3, 0.4) is 0 Å². The normalized spacial score (nSPS) is 12.1. The van der Waals surface area contributed by atoms with Crippen LogP contribution in [0, 0.1) is 0 Å². The zero-order valence-electron chi connectivity index (χ0n) is 13.7. The molecule has 0 aliphatic carbocycles. The highest BCUT2D eigenvalue weighted by molar-refractivity contribution is 5.92. The lowest BCUT2D eigenvalue weighted by Crippen LogP contribution is -2.42. The van der Waals surface area contributed by atoms with Crippen LogP contribution in [-0.4, -0.2) is 43.7 Å². The van der Waals surface area contributed by atoms with Gasteiger partial charge >= 0.3 is 0 Å². The number of amides is 1. The van der Waals surface area contributed by atoms with Crippen LogP contribution < -0.4 is 0 Å². The van der Waals surface area contributed by atoms with Gasteiger partial charge in [0.1, 0.15) is 5.69 Å². The highest BCUT2D eigenvalue weighted by Gasteiger charge is 2.25. The molecule has 2 N–H and O–H groups in total. The predicted molar refractivity (Wildman–Crippen MR) is 87.9 cm³/mol. The SMILES string of the molecule is CCCc1cc(C(=O)N(Cc2ccccn2)[C@H](CC)CO)n[nH]1. The van der Waals surface area contributed by atoms with Gasteiger partial charge in [-0.3, -0.25) is 14.9 Å². The fourth-order valence-corrected chi connectivity index (χ4v) is 2.50. The lowest BCUT2D eigenvalue weighted by molar-refractivity contribution is 0.0554. The zero-order valence-corrected chi connectivity index (χ0v) is 13.7. The Balaban J connectivity index is 2.22. The van der Waals surface area contributed by atoms with Gasteiger partial charge in [0, 0.05) is 11.9 Å². The molecule has 0 aliphatic heterocycles. The number of pyridine rings is 1. The van der Waals surface area contributed by atoms with Crippen LogP contribution in [0.15, 0.2) is 30.5 Å². The van der Waals surface area contributed by atoms with Crippen molar-refractivity contribution in [2.45, 2.75) is 45.7 Å². The molecular weight excluding hydrogens is 292 g/mol. The summed E-state index contributed by atoms with van der Waals surface area (Å²) in [6.45, 7) is 4.30. The van der Waals surface area contributed by atoms with E-state index in [1.807, 2.05) is 25.1 Å². The largest absolute Gasteiger partial charge is 0.394 e. The molecule has 2 aromatic heterocycles. The molecule has 0 spiro atoms. The van der Waals surface area contributed by atoms with Crippen LogP contribution in [0.25, 0.3) is 0 Å². The smallest absolute Gasteiger partial charge is 0.275 e. The van der Waals surface area contributed by atoms with Gasteiger partial charge < -0.3 is 10.0 Å². The van der Waals surface area contributed by atoms with Crippen LogP contribution in [-0.2, 0) is 13.0 Å². The quantitative estimate of drug-likeness (QED) is 0.782. The number of aromatic nitrogens is 3. The molecule has 6 nitrogen and oxygen atoms in total. The molecule has 1 atom stereocenters. The van der Waals surface area contributed by atoms with Crippen molar-refractivity contribution in [3.05, 3.63) is 47.5 Å². The number of aliphatic hydroxyl groups is 1. The molecule has 0 saturated carbocycles. The topological polar surface area (TPSA) is 82.1 Å². The van der Waals surface area contributed by atoms with Gasteiger partial charge in [0.25, 0.3) is 5.91 Å². The fraction of sp³-hybridized carbons (Fsp3) is 0.471. The number of nitrogens with zero attached hydrogens (tertiary/aromatic N) is 3. The number of aliphatic hydroxyl groups excluding tert-OH is 1. The second kappa shape index (κ2) is 8.43. The molecule has 23 heavy (non-hydrogen) atoms. The van der Waals surface area contributed by atoms with Crippen LogP contribution in [0.1, 0.15) is 48.6 Å². The minimum absolute atomic E-state index is 0.0820. The number of nitrogens with one attached hydrogen (secondary N) is 1. The number of hydrogen-bond acceptors (Lipinski definition) is 4. The molecule has 6 heteroatoms. The summed E-state index contributed by atoms with van der Waals surface area (Å²) in [7, 11) is 0. The molecule has 0 radical (unpaired) electrons. The number of aryl methyl sites for hydroxylation is 1. The molecule has 0 unspecified atom stereocenters. The second-order valence-electron chi connectivity index (χ2n) is 5.53. The number of H-pyrrole nitrogens is 1. The van der Waals surface area contributed by atoms with Crippen LogP contribution in [0.5, 0.6) is 0 Å². The predicted octanol–water partition coefficient (Wildman–Crippen LogP) is 2.17. The van der Waals surface area contributed by atoms with Crippen molar-refractivity contribution >= 4 is 5.91 Å². The highest BCUT2D eigenvalue weighted by Crippen LogP contribution is 2.14. The second-order valence-corrected chi connectivity index (χ2v) is 5.53. The zero-order chi connectivity index (χ0) is 16.7. The summed E-state index contributed by atoms with van der Waals surface area (Å²) in [5.74, 6) is -0.185. The van der Waals surface area contributed by atoms with Crippen molar-refractivity contribution < 1.29 is 9.90 Å². The number of aromatic amines is 1. The Labute approximate surface area is 136 Å². The maximum absolute atomic E-state index is 12.8. The molecular formula is C17H24N4O2. The van der Waals surface area contributed by atoms with Crippen LogP contribution in [0.2, 0.25) is 0 Å². The maximum atomic E-state index is 12.8. The summed E-state index contributed by atoms with van der Waals surface area (Å²) < 4.78 is 0. The Bertz CT molecular complexity index is 608. The summed E-state index contributed by atoms with van der Waals surface area (Å²) in [5.41, 5.74) is 2.12. The van der Waals surface area contributed by atoms with Crippen molar-refractivity contribution in [2.24, 2.45) is 0 Å². The average molecular weight is 316 g/mol. The van der Waals surface area contributed by atoms with E-state index in [0.29, 0.717) is 18.7 Å². The number of carbonyl (C=O) groups excluding carboxylic acids is 1. The summed E-state index contributed by atoms with van der Waals surface area (Å²) in [6, 6.07) is 7.14. The number of rotatable bonds is 8. The van der Waals surface area contributed by atoms with Gasteiger partial charge in [-0.2, -0.15) is 5.10 Å². The lowest BCUT2D eigenvalue weighted by Gasteiger charge is -2.29. The Morgan fingerprint density at radius 3 is 2.83 bits per heavy atom. The van der Waals surface area contributed by atoms with E-state index in [2.05, 4.69) is 22.1 Å². The number of carbonyl (C=O) groups is 1. The van der Waals surface area contributed by atoms with Crippen molar-refractivity contribution in [3.63, 3.8) is 0 Å². The third kappa shape index (κ3) is 4.39. The van der Waals surface area contributed by atoms with Crippen LogP contribution in [0.4, 0.5) is 0 Å². The minimum Gasteiger partial charge on any atom is -0.394 e. The lowest BCUT2D eigenvalue weighted by atomic mass is 10.1. The van der Waals surface area contributed by atoms with E-state index in [1.165, 1.54) is 0 Å². The first-order valence-corrected chi connectivity index (χ1v) is 8.05. The molecule has 2 heterocycles. The van der Waals surface area contributed by atoms with E-state index in [-0.39, 0.29) is 18.6 Å². The van der Waals surface area contributed by atoms with Gasteiger partial charge in [0.05, 0.1) is 24.9 Å². The first kappa shape index (κ1) is 17.1. The molecule has 0 saturated heterocycles. The van der Waals surface area contributed by atoms with Gasteiger partial charge in [0.15, 0.2) is 0 Å². The third-order valence-corrected chi connectivity index (χ3v) is 3.81. The molecule has 0 bridgehead atoms. The van der Waals surface area contributed by atoms with Gasteiger partial charge in [0.2, 0.25) is 0 Å². The van der Waals surface area contributed by atoms with Crippen molar-refractivity contribution in [3.8, 4) is 0 Å². The van der Waals surface area contributed by atoms with Crippen molar-refractivity contribution in [1.29, 1.82) is 0 Å². The fourth-order valence-electron chi connectivity index (χ4n) is 2.50. The average Bonchev–Trinajstić information content (AvgIpc) is 3.04. The van der Waals surface area contributed by atoms with E-state index < -0.39 is 0 Å². The molecule has 2 aromatic rings. The van der Waals surface area contributed by atoms with Crippen molar-refractivity contribution in [2.75, 3.05) is 6.61 Å². The van der Waals surface area contributed by atoms with Gasteiger partial charge in [-0.05, 0) is 31.0 Å². The standard InChI is InChI=1S/C17H24N4O2/c1-3-7-13-10-16(20-19-13)17(23)21(15(4-2)12-22)11-14-8-5-6-9-18-14/h5-6,8-10,15,22H,3-4,7,11-12H2,1-2H3,(H,19,20)/t15-/m1/s1. The first-order chi connectivity index (χ1) is 11.2. The van der Waals surface area contributed by atoms with Gasteiger partial charge in [-0.1, -0.05) is 26.3 Å². The molecule has 1 amide bonds. The van der Waals surface area contributed by atoms with E-state index in [4.69, 9.17) is 0 Å². The summed E-state index contributed by atoms with van der Waals surface area (Å²) >= 11 is 0. The number of hydrogen-bond donors (Lipinski definition) is 2. The Morgan fingerprint density at radius 1 is 1.39 bits per heavy atom. The Morgan fingerprint density at radius 2 is 2.22 bits per heavy atom. The third-order valence-electron chi connectivity index (χ3n) is 3.81. The van der Waals surface area contributed by atoms with E-state index in [0.717, 1.165) is 24.2 Å². The van der Waals surface area contributed by atoms with E-state index in [1.54, 1.807) is 17.2 Å². The minimum atomic E-state index is -0.254.